The second kappa shape index (κ2) is 7.59. The van der Waals surface area contributed by atoms with Crippen molar-refractivity contribution in [1.82, 2.24) is 9.47 Å². The van der Waals surface area contributed by atoms with Crippen LogP contribution < -0.4 is 0 Å². The molecule has 2 aromatic carbocycles. The molecule has 1 aliphatic heterocycles. The van der Waals surface area contributed by atoms with Crippen LogP contribution in [-0.2, 0) is 6.54 Å². The number of hydrogen-bond acceptors (Lipinski definition) is 3. The van der Waals surface area contributed by atoms with Crippen LogP contribution >= 0.6 is 22.6 Å². The van der Waals surface area contributed by atoms with Crippen molar-refractivity contribution in [3.05, 3.63) is 62.2 Å². The largest absolute Gasteiger partial charge is 0.339 e. The highest BCUT2D eigenvalue weighted by Gasteiger charge is 2.22. The van der Waals surface area contributed by atoms with Crippen LogP contribution in [0.4, 0.5) is 5.69 Å². The standard InChI is InChI=1S/C21H22IN3O2/c1-23-9-5-4-7-18(23)14-24-20-8-3-2-6-15(20)12-21(24)16-10-17(22)13-19(11-16)25(26)27/h2-3,6,8,10-13,18H,4-5,7,9,14H2,1H3. The first kappa shape index (κ1) is 18.4. The number of rotatable bonds is 4. The molecule has 0 radical (unpaired) electrons. The molecule has 0 N–H and O–H groups in total. The number of non-ortho nitro benzene ring substituents is 1. The molecule has 1 unspecified atom stereocenters. The Hall–Kier alpha value is -1.93. The first-order valence-corrected chi connectivity index (χ1v) is 10.3. The van der Waals surface area contributed by atoms with Crippen LogP contribution in [0.5, 0.6) is 0 Å². The number of likely N-dealkylation sites (N-methyl/N-ethyl adjacent to an activating group) is 1. The lowest BCUT2D eigenvalue weighted by molar-refractivity contribution is -0.384. The summed E-state index contributed by atoms with van der Waals surface area (Å²) in [6.45, 7) is 2.03. The summed E-state index contributed by atoms with van der Waals surface area (Å²) < 4.78 is 3.22. The minimum Gasteiger partial charge on any atom is -0.339 e. The predicted molar refractivity (Wildman–Crippen MR) is 117 cm³/mol. The molecule has 5 nitrogen and oxygen atoms in total. The van der Waals surface area contributed by atoms with Crippen molar-refractivity contribution in [3.63, 3.8) is 0 Å². The number of likely N-dealkylation sites (tertiary alicyclic amines) is 1. The van der Waals surface area contributed by atoms with Crippen LogP contribution in [0.25, 0.3) is 22.2 Å². The Balaban J connectivity index is 1.84. The first-order valence-electron chi connectivity index (χ1n) is 9.27. The van der Waals surface area contributed by atoms with Crippen molar-refractivity contribution in [2.75, 3.05) is 13.6 Å². The zero-order valence-corrected chi connectivity index (χ0v) is 17.4. The third kappa shape index (κ3) is 3.73. The molecule has 2 heterocycles. The molecule has 0 bridgehead atoms. The summed E-state index contributed by atoms with van der Waals surface area (Å²) in [6.07, 6.45) is 3.71. The van der Waals surface area contributed by atoms with E-state index >= 15 is 0 Å². The molecular formula is C21H22IN3O2. The minimum atomic E-state index is -0.312. The van der Waals surface area contributed by atoms with E-state index in [1.54, 1.807) is 12.1 Å². The van der Waals surface area contributed by atoms with Gasteiger partial charge in [0, 0.05) is 50.4 Å². The van der Waals surface area contributed by atoms with Crippen molar-refractivity contribution >= 4 is 39.2 Å². The summed E-state index contributed by atoms with van der Waals surface area (Å²) in [4.78, 5) is 13.5. The van der Waals surface area contributed by atoms with Gasteiger partial charge in [-0.15, -0.1) is 0 Å². The molecule has 6 heteroatoms. The molecule has 1 aliphatic rings. The van der Waals surface area contributed by atoms with E-state index in [2.05, 4.69) is 63.4 Å². The molecule has 1 saturated heterocycles. The van der Waals surface area contributed by atoms with Gasteiger partial charge < -0.3 is 9.47 Å². The summed E-state index contributed by atoms with van der Waals surface area (Å²) in [5, 5.41) is 12.5. The van der Waals surface area contributed by atoms with E-state index in [1.165, 1.54) is 30.2 Å². The van der Waals surface area contributed by atoms with Gasteiger partial charge in [-0.1, -0.05) is 24.6 Å². The molecule has 0 spiro atoms. The average Bonchev–Trinajstić information content (AvgIpc) is 3.02. The van der Waals surface area contributed by atoms with E-state index in [4.69, 9.17) is 0 Å². The van der Waals surface area contributed by atoms with E-state index in [9.17, 15) is 10.1 Å². The SMILES string of the molecule is CN1CCCCC1Cn1c(-c2cc(I)cc([N+](=O)[O-])c2)cc2ccccc21. The number of nitro benzene ring substituents is 1. The highest BCUT2D eigenvalue weighted by atomic mass is 127. The summed E-state index contributed by atoms with van der Waals surface area (Å²) in [7, 11) is 2.20. The molecule has 0 aliphatic carbocycles. The van der Waals surface area contributed by atoms with Gasteiger partial charge in [-0.05, 0) is 67.2 Å². The van der Waals surface area contributed by atoms with E-state index in [0.29, 0.717) is 6.04 Å². The number of para-hydroxylation sites is 1. The van der Waals surface area contributed by atoms with Crippen LogP contribution in [-0.4, -0.2) is 34.0 Å². The molecule has 0 amide bonds. The lowest BCUT2D eigenvalue weighted by Crippen LogP contribution is -2.39. The molecule has 3 aromatic rings. The Bertz CT molecular complexity index is 998. The van der Waals surface area contributed by atoms with Gasteiger partial charge in [-0.3, -0.25) is 10.1 Å². The number of nitro groups is 1. The Kier molecular flexibility index (Phi) is 5.19. The highest BCUT2D eigenvalue weighted by Crippen LogP contribution is 2.33. The van der Waals surface area contributed by atoms with Crippen molar-refractivity contribution in [1.29, 1.82) is 0 Å². The molecule has 4 rings (SSSR count). The molecular weight excluding hydrogens is 453 g/mol. The van der Waals surface area contributed by atoms with Crippen LogP contribution in [0.2, 0.25) is 0 Å². The Morgan fingerprint density at radius 3 is 2.78 bits per heavy atom. The number of piperidine rings is 1. The second-order valence-electron chi connectivity index (χ2n) is 7.28. The smallest absolute Gasteiger partial charge is 0.271 e. The van der Waals surface area contributed by atoms with Gasteiger partial charge in [-0.2, -0.15) is 0 Å². The summed E-state index contributed by atoms with van der Waals surface area (Å²) >= 11 is 2.16. The van der Waals surface area contributed by atoms with Crippen molar-refractivity contribution in [2.45, 2.75) is 31.8 Å². The number of nitrogens with zero attached hydrogens (tertiary/aromatic N) is 3. The number of hydrogen-bond donors (Lipinski definition) is 0. The van der Waals surface area contributed by atoms with Gasteiger partial charge in [0.25, 0.3) is 5.69 Å². The minimum absolute atomic E-state index is 0.142. The molecule has 1 fully saturated rings. The molecule has 1 aromatic heterocycles. The zero-order chi connectivity index (χ0) is 19.0. The van der Waals surface area contributed by atoms with E-state index in [1.807, 2.05) is 12.1 Å². The maximum atomic E-state index is 11.3. The maximum Gasteiger partial charge on any atom is 0.271 e. The van der Waals surface area contributed by atoms with Crippen LogP contribution in [0.15, 0.2) is 48.5 Å². The van der Waals surface area contributed by atoms with Gasteiger partial charge >= 0.3 is 0 Å². The second-order valence-corrected chi connectivity index (χ2v) is 8.53. The predicted octanol–water partition coefficient (Wildman–Crippen LogP) is 5.31. The monoisotopic (exact) mass is 475 g/mol. The molecule has 1 atom stereocenters. The van der Waals surface area contributed by atoms with E-state index < -0.39 is 0 Å². The average molecular weight is 475 g/mol. The van der Waals surface area contributed by atoms with E-state index in [0.717, 1.165) is 27.9 Å². The lowest BCUT2D eigenvalue weighted by Gasteiger charge is -2.33. The summed E-state index contributed by atoms with van der Waals surface area (Å²) in [6, 6.07) is 16.3. The third-order valence-corrected chi connectivity index (χ3v) is 6.14. The Morgan fingerprint density at radius 2 is 2.00 bits per heavy atom. The Morgan fingerprint density at radius 1 is 1.19 bits per heavy atom. The van der Waals surface area contributed by atoms with Gasteiger partial charge in [0.05, 0.1) is 4.92 Å². The fourth-order valence-corrected chi connectivity index (χ4v) is 4.71. The zero-order valence-electron chi connectivity index (χ0n) is 15.3. The van der Waals surface area contributed by atoms with Gasteiger partial charge in [0.15, 0.2) is 0 Å². The van der Waals surface area contributed by atoms with Gasteiger partial charge in [0.2, 0.25) is 0 Å². The van der Waals surface area contributed by atoms with Gasteiger partial charge in [-0.25, -0.2) is 0 Å². The Labute approximate surface area is 172 Å². The summed E-state index contributed by atoms with van der Waals surface area (Å²) in [5.74, 6) is 0. The quantitative estimate of drug-likeness (QED) is 0.292. The highest BCUT2D eigenvalue weighted by molar-refractivity contribution is 14.1. The number of halogens is 1. The van der Waals surface area contributed by atoms with E-state index in [-0.39, 0.29) is 10.6 Å². The molecule has 140 valence electrons. The van der Waals surface area contributed by atoms with Crippen molar-refractivity contribution in [3.8, 4) is 11.3 Å². The topological polar surface area (TPSA) is 51.3 Å². The fraction of sp³-hybridized carbons (Fsp3) is 0.333. The molecule has 0 saturated carbocycles. The summed E-state index contributed by atoms with van der Waals surface area (Å²) in [5.41, 5.74) is 3.29. The normalized spacial score (nSPS) is 18.1. The van der Waals surface area contributed by atoms with Crippen LogP contribution in [0, 0.1) is 13.7 Å². The van der Waals surface area contributed by atoms with Crippen LogP contribution in [0.3, 0.4) is 0 Å². The van der Waals surface area contributed by atoms with Crippen LogP contribution in [0.1, 0.15) is 19.3 Å². The van der Waals surface area contributed by atoms with Gasteiger partial charge in [0.1, 0.15) is 0 Å². The van der Waals surface area contributed by atoms with Crippen molar-refractivity contribution < 1.29 is 4.92 Å². The number of fused-ring (bicyclic) bond motifs is 1. The van der Waals surface area contributed by atoms with Crippen molar-refractivity contribution in [2.24, 2.45) is 0 Å². The maximum absolute atomic E-state index is 11.3. The number of aromatic nitrogens is 1. The fourth-order valence-electron chi connectivity index (χ4n) is 4.06. The third-order valence-electron chi connectivity index (χ3n) is 5.51. The first-order chi connectivity index (χ1) is 13.0. The molecule has 27 heavy (non-hydrogen) atoms. The lowest BCUT2D eigenvalue weighted by atomic mass is 10.0. The number of benzene rings is 2.